The van der Waals surface area contributed by atoms with Crippen LogP contribution in [0.1, 0.15) is 58.3 Å². The van der Waals surface area contributed by atoms with Crippen LogP contribution in [0.2, 0.25) is 0 Å². The molecular weight excluding hydrogens is 378 g/mol. The van der Waals surface area contributed by atoms with Crippen LogP contribution >= 0.6 is 9.58 Å². The van der Waals surface area contributed by atoms with Gasteiger partial charge in [-0.15, -0.1) is 0 Å². The molecule has 6 aliphatic rings. The quantitative estimate of drug-likeness (QED) is 0.387. The lowest BCUT2D eigenvalue weighted by Crippen LogP contribution is -2.48. The van der Waals surface area contributed by atoms with E-state index >= 15 is 0 Å². The van der Waals surface area contributed by atoms with Crippen LogP contribution in [0.5, 0.6) is 0 Å². The number of nitrogens with zero attached hydrogens (tertiary/aromatic N) is 2. The first-order valence-electron chi connectivity index (χ1n) is 11.1. The van der Waals surface area contributed by atoms with Crippen LogP contribution in [0, 0.1) is 29.1 Å². The summed E-state index contributed by atoms with van der Waals surface area (Å²) < 4.78 is 11.1. The highest BCUT2D eigenvalue weighted by molar-refractivity contribution is 8.24. The standard InChI is InChI=1S/C24H35N3OS/c1-16-7-23(22(21-5-6-21)14-27(16)17(2)26-29(3,4)25)28-15-24-11-18-8-19(12-24)10-20(9-18)13-24/h7,14,18-21H,1,3-6,8-13,15,25H2,2H3. The summed E-state index contributed by atoms with van der Waals surface area (Å²) in [5, 5.41) is 5.97. The summed E-state index contributed by atoms with van der Waals surface area (Å²) >= 11 is 0. The van der Waals surface area contributed by atoms with Gasteiger partial charge in [0.2, 0.25) is 0 Å². The largest absolute Gasteiger partial charge is 0.493 e. The van der Waals surface area contributed by atoms with E-state index in [0.29, 0.717) is 11.3 Å². The predicted molar refractivity (Wildman–Crippen MR) is 126 cm³/mol. The number of allylic oxidation sites excluding steroid dienone is 2. The molecule has 5 fully saturated rings. The third kappa shape index (κ3) is 3.96. The molecule has 0 amide bonds. The molecule has 5 heteroatoms. The SMILES string of the molecule is C=C1C=C(OCC23CC4CC(CC(C4)C2)C3)C(C2CC2)=CN1C(C)=NS(=C)(=C)N. The Morgan fingerprint density at radius 2 is 1.79 bits per heavy atom. The van der Waals surface area contributed by atoms with Crippen molar-refractivity contribution in [1.82, 2.24) is 4.90 Å². The third-order valence-electron chi connectivity index (χ3n) is 7.54. The monoisotopic (exact) mass is 413 g/mol. The number of nitrogens with two attached hydrogens (primary N) is 1. The Labute approximate surface area is 176 Å². The molecule has 158 valence electrons. The van der Waals surface area contributed by atoms with Crippen molar-refractivity contribution in [3.63, 3.8) is 0 Å². The lowest BCUT2D eigenvalue weighted by molar-refractivity contribution is -0.0852. The predicted octanol–water partition coefficient (Wildman–Crippen LogP) is 5.10. The van der Waals surface area contributed by atoms with Gasteiger partial charge >= 0.3 is 0 Å². The average Bonchev–Trinajstić information content (AvgIpc) is 3.42. The first-order chi connectivity index (χ1) is 13.7. The van der Waals surface area contributed by atoms with Crippen LogP contribution in [0.25, 0.3) is 0 Å². The van der Waals surface area contributed by atoms with E-state index in [0.717, 1.165) is 41.7 Å². The van der Waals surface area contributed by atoms with Gasteiger partial charge in [-0.2, -0.15) is 0 Å². The fourth-order valence-corrected chi connectivity index (χ4v) is 7.34. The molecule has 0 aromatic carbocycles. The summed E-state index contributed by atoms with van der Waals surface area (Å²) in [6.07, 6.45) is 15.3. The number of amidine groups is 1. The highest BCUT2D eigenvalue weighted by Gasteiger charge is 2.51. The van der Waals surface area contributed by atoms with Crippen molar-refractivity contribution in [2.24, 2.45) is 38.6 Å². The summed E-state index contributed by atoms with van der Waals surface area (Å²) in [4.78, 5) is 2.02. The lowest BCUT2D eigenvalue weighted by Gasteiger charge is -2.56. The maximum absolute atomic E-state index is 6.60. The molecule has 5 saturated carbocycles. The van der Waals surface area contributed by atoms with Gasteiger partial charge in [0, 0.05) is 29.0 Å². The zero-order chi connectivity index (χ0) is 20.4. The van der Waals surface area contributed by atoms with Gasteiger partial charge in [0.05, 0.1) is 6.61 Å². The molecular formula is C24H35N3OS. The highest BCUT2D eigenvalue weighted by Crippen LogP contribution is 2.60. The van der Waals surface area contributed by atoms with Crippen molar-refractivity contribution in [2.45, 2.75) is 58.3 Å². The number of hydrogen-bond acceptors (Lipinski definition) is 3. The molecule has 29 heavy (non-hydrogen) atoms. The van der Waals surface area contributed by atoms with Crippen molar-refractivity contribution in [3.8, 4) is 0 Å². The second-order valence-corrected chi connectivity index (χ2v) is 12.5. The zero-order valence-corrected chi connectivity index (χ0v) is 18.6. The minimum Gasteiger partial charge on any atom is -0.493 e. The van der Waals surface area contributed by atoms with Crippen LogP contribution in [-0.4, -0.2) is 29.1 Å². The van der Waals surface area contributed by atoms with Gasteiger partial charge in [-0.25, -0.2) is 4.40 Å². The Kier molecular flexibility index (Phi) is 4.56. The van der Waals surface area contributed by atoms with Crippen molar-refractivity contribution in [1.29, 1.82) is 0 Å². The minimum absolute atomic E-state index is 0.421. The second kappa shape index (κ2) is 6.78. The minimum atomic E-state index is -1.94. The first-order valence-corrected chi connectivity index (χ1v) is 13.1. The molecule has 1 aliphatic heterocycles. The highest BCUT2D eigenvalue weighted by atomic mass is 32.2. The summed E-state index contributed by atoms with van der Waals surface area (Å²) in [6.45, 7) is 7.08. The summed E-state index contributed by atoms with van der Waals surface area (Å²) in [6, 6.07) is 0. The summed E-state index contributed by atoms with van der Waals surface area (Å²) in [5.74, 6) is 13.0. The Hall–Kier alpha value is -1.46. The van der Waals surface area contributed by atoms with Gasteiger partial charge in [-0.1, -0.05) is 16.2 Å². The molecule has 5 aliphatic carbocycles. The third-order valence-corrected chi connectivity index (χ3v) is 8.17. The van der Waals surface area contributed by atoms with E-state index in [9.17, 15) is 0 Å². The van der Waals surface area contributed by atoms with Crippen LogP contribution in [0.4, 0.5) is 0 Å². The van der Waals surface area contributed by atoms with Gasteiger partial charge in [0.25, 0.3) is 0 Å². The molecule has 4 bridgehead atoms. The molecule has 0 aromatic heterocycles. The van der Waals surface area contributed by atoms with Crippen LogP contribution in [0.15, 0.2) is 40.3 Å². The molecule has 0 aromatic rings. The normalized spacial score (nSPS) is 36.9. The van der Waals surface area contributed by atoms with E-state index in [4.69, 9.17) is 9.88 Å². The van der Waals surface area contributed by atoms with E-state index in [-0.39, 0.29) is 0 Å². The van der Waals surface area contributed by atoms with Gasteiger partial charge in [-0.3, -0.25) is 5.14 Å². The molecule has 2 N–H and O–H groups in total. The first kappa shape index (κ1) is 19.5. The number of hydrogen-bond donors (Lipinski definition) is 1. The lowest BCUT2D eigenvalue weighted by atomic mass is 9.50. The molecule has 0 radical (unpaired) electrons. The Morgan fingerprint density at radius 3 is 2.31 bits per heavy atom. The van der Waals surface area contributed by atoms with Gasteiger partial charge in [0.1, 0.15) is 11.6 Å². The Bertz CT molecular complexity index is 884. The number of rotatable bonds is 5. The van der Waals surface area contributed by atoms with E-state index < -0.39 is 9.58 Å². The van der Waals surface area contributed by atoms with E-state index in [1.807, 2.05) is 11.8 Å². The van der Waals surface area contributed by atoms with Crippen molar-refractivity contribution in [3.05, 3.63) is 35.9 Å². The van der Waals surface area contributed by atoms with Crippen LogP contribution < -0.4 is 5.14 Å². The molecule has 0 saturated heterocycles. The van der Waals surface area contributed by atoms with Crippen molar-refractivity contribution in [2.75, 3.05) is 6.61 Å². The Morgan fingerprint density at radius 1 is 1.21 bits per heavy atom. The fraction of sp³-hybridized carbons (Fsp3) is 0.625. The van der Waals surface area contributed by atoms with E-state index in [2.05, 4.69) is 35.0 Å². The molecule has 0 unspecified atom stereocenters. The maximum atomic E-state index is 6.60. The van der Waals surface area contributed by atoms with Crippen molar-refractivity contribution >= 4 is 27.2 Å². The fourth-order valence-electron chi connectivity index (χ4n) is 6.72. The van der Waals surface area contributed by atoms with Gasteiger partial charge in [-0.05, 0) is 93.7 Å². The van der Waals surface area contributed by atoms with Gasteiger partial charge in [0.15, 0.2) is 0 Å². The summed E-state index contributed by atoms with van der Waals surface area (Å²) in [5.41, 5.74) is 2.59. The Balaban J connectivity index is 1.34. The smallest absolute Gasteiger partial charge is 0.126 e. The van der Waals surface area contributed by atoms with Crippen LogP contribution in [-0.2, 0) is 4.74 Å². The van der Waals surface area contributed by atoms with E-state index in [1.165, 1.54) is 56.9 Å². The molecule has 6 rings (SSSR count). The zero-order valence-electron chi connectivity index (χ0n) is 17.7. The topological polar surface area (TPSA) is 50.8 Å². The maximum Gasteiger partial charge on any atom is 0.126 e. The average molecular weight is 414 g/mol. The number of ether oxygens (including phenoxy) is 1. The molecule has 1 heterocycles. The second-order valence-electron chi connectivity index (χ2n) is 10.5. The van der Waals surface area contributed by atoms with Gasteiger partial charge < -0.3 is 9.64 Å². The van der Waals surface area contributed by atoms with Crippen molar-refractivity contribution < 1.29 is 4.74 Å². The van der Waals surface area contributed by atoms with E-state index in [1.54, 1.807) is 0 Å². The van der Waals surface area contributed by atoms with Crippen LogP contribution in [0.3, 0.4) is 0 Å². The summed E-state index contributed by atoms with van der Waals surface area (Å²) in [7, 11) is -1.94. The molecule has 4 nitrogen and oxygen atoms in total. The molecule has 0 spiro atoms. The molecule has 0 atom stereocenters.